The Balaban J connectivity index is 2.25. The number of carbonyl (C=O) groups is 2. The summed E-state index contributed by atoms with van der Waals surface area (Å²) in [6.45, 7) is 7.96. The van der Waals surface area contributed by atoms with Crippen LogP contribution in [0.25, 0.3) is 0 Å². The van der Waals surface area contributed by atoms with Gasteiger partial charge in [0.1, 0.15) is 5.75 Å². The number of benzene rings is 1. The van der Waals surface area contributed by atoms with Gasteiger partial charge in [-0.15, -0.1) is 13.2 Å². The largest absolute Gasteiger partial charge is 0.497 e. The molecule has 1 aromatic carbocycles. The van der Waals surface area contributed by atoms with Gasteiger partial charge in [0.2, 0.25) is 0 Å². The van der Waals surface area contributed by atoms with Gasteiger partial charge in [0, 0.05) is 0 Å². The van der Waals surface area contributed by atoms with E-state index in [4.69, 9.17) is 9.47 Å². The monoisotopic (exact) mass is 497 g/mol. The molecule has 1 unspecified atom stereocenters. The first-order chi connectivity index (χ1) is 17.3. The number of urea groups is 1. The van der Waals surface area contributed by atoms with Gasteiger partial charge in [-0.25, -0.2) is 37.7 Å². The van der Waals surface area contributed by atoms with Crippen molar-refractivity contribution >= 4 is 12.0 Å². The zero-order valence-electron chi connectivity index (χ0n) is 20.0. The maximum atomic E-state index is 13.1. The Hall–Kier alpha value is -4.61. The van der Waals surface area contributed by atoms with E-state index in [0.29, 0.717) is 11.3 Å². The highest BCUT2D eigenvalue weighted by Gasteiger charge is 2.34. The number of hydrogen-bond acceptors (Lipinski definition) is 7. The average molecular weight is 498 g/mol. The molecule has 190 valence electrons. The number of carbonyl (C=O) groups excluding carboxylic acids is 2. The van der Waals surface area contributed by atoms with Crippen molar-refractivity contribution in [1.29, 1.82) is 0 Å². The van der Waals surface area contributed by atoms with Gasteiger partial charge < -0.3 is 20.1 Å². The first-order valence-electron chi connectivity index (χ1n) is 11.0. The van der Waals surface area contributed by atoms with E-state index in [1.54, 1.807) is 31.2 Å². The van der Waals surface area contributed by atoms with E-state index in [9.17, 15) is 24.0 Å². The van der Waals surface area contributed by atoms with E-state index in [1.807, 2.05) is 0 Å². The Kier molecular flexibility index (Phi) is 8.10. The van der Waals surface area contributed by atoms with Gasteiger partial charge in [0.15, 0.2) is 0 Å². The minimum Gasteiger partial charge on any atom is -0.497 e. The fraction of sp³-hybridized carbons (Fsp3) is 0.292. The predicted octanol–water partition coefficient (Wildman–Crippen LogP) is 0.424. The molecular weight excluding hydrogens is 470 g/mol. The van der Waals surface area contributed by atoms with Crippen LogP contribution >= 0.6 is 0 Å². The Bertz CT molecular complexity index is 1350. The van der Waals surface area contributed by atoms with Crippen LogP contribution in [0.15, 0.2) is 75.2 Å². The highest BCUT2D eigenvalue weighted by molar-refractivity contribution is 5.95. The molecule has 1 aromatic heterocycles. The lowest BCUT2D eigenvalue weighted by Gasteiger charge is -2.29. The minimum atomic E-state index is -0.941. The highest BCUT2D eigenvalue weighted by Crippen LogP contribution is 2.29. The SMILES string of the molecule is C=CCn1c(=O)n(CC=C)c(=O)n(CC2=C(C(=O)OCC)C(c3ccc(OC)cc3)NC(=O)N2)c1=O. The number of esters is 1. The molecule has 1 aliphatic rings. The third-order valence-electron chi connectivity index (χ3n) is 5.42. The van der Waals surface area contributed by atoms with E-state index in [-0.39, 0.29) is 31.0 Å². The molecule has 1 aliphatic heterocycles. The fourth-order valence-electron chi connectivity index (χ4n) is 3.79. The van der Waals surface area contributed by atoms with Crippen molar-refractivity contribution in [3.8, 4) is 5.75 Å². The molecule has 3 rings (SSSR count). The van der Waals surface area contributed by atoms with Crippen molar-refractivity contribution in [1.82, 2.24) is 24.3 Å². The van der Waals surface area contributed by atoms with Crippen LogP contribution in [0.5, 0.6) is 5.75 Å². The van der Waals surface area contributed by atoms with Gasteiger partial charge >= 0.3 is 29.1 Å². The highest BCUT2D eigenvalue weighted by atomic mass is 16.5. The average Bonchev–Trinajstić information content (AvgIpc) is 2.87. The normalized spacial score (nSPS) is 15.1. The number of allylic oxidation sites excluding steroid dienone is 3. The Labute approximate surface area is 205 Å². The van der Waals surface area contributed by atoms with E-state index in [1.165, 1.54) is 19.3 Å². The fourth-order valence-corrected chi connectivity index (χ4v) is 3.79. The van der Waals surface area contributed by atoms with Crippen molar-refractivity contribution < 1.29 is 19.1 Å². The second-order valence-corrected chi connectivity index (χ2v) is 7.65. The Morgan fingerprint density at radius 1 is 0.972 bits per heavy atom. The molecular formula is C24H27N5O7. The second kappa shape index (κ2) is 11.2. The van der Waals surface area contributed by atoms with Gasteiger partial charge in [-0.05, 0) is 24.6 Å². The van der Waals surface area contributed by atoms with Crippen LogP contribution in [0.1, 0.15) is 18.5 Å². The summed E-state index contributed by atoms with van der Waals surface area (Å²) >= 11 is 0. The predicted molar refractivity (Wildman–Crippen MR) is 131 cm³/mol. The molecule has 1 atom stereocenters. The minimum absolute atomic E-state index is 0.00431. The van der Waals surface area contributed by atoms with E-state index in [2.05, 4.69) is 23.8 Å². The van der Waals surface area contributed by atoms with Crippen molar-refractivity contribution in [2.24, 2.45) is 0 Å². The van der Waals surface area contributed by atoms with Crippen LogP contribution < -0.4 is 32.4 Å². The lowest BCUT2D eigenvalue weighted by atomic mass is 9.95. The van der Waals surface area contributed by atoms with E-state index < -0.39 is 41.7 Å². The van der Waals surface area contributed by atoms with Crippen LogP contribution in [0.3, 0.4) is 0 Å². The standard InChI is InChI=1S/C24H27N5O7/c1-5-12-27-22(32)28(13-6-2)24(34)29(23(27)33)14-17-18(20(30)36-7-3)19(26-21(31)25-17)15-8-10-16(35-4)11-9-15/h5-6,8-11,19H,1-2,7,12-14H2,3-4H3,(H2,25,26,31). The summed E-state index contributed by atoms with van der Waals surface area (Å²) in [6, 6.07) is 5.06. The zero-order valence-corrected chi connectivity index (χ0v) is 20.0. The lowest BCUT2D eigenvalue weighted by molar-refractivity contribution is -0.139. The summed E-state index contributed by atoms with van der Waals surface area (Å²) in [5.41, 5.74) is -2.15. The summed E-state index contributed by atoms with van der Waals surface area (Å²) in [6.07, 6.45) is 2.68. The quantitative estimate of drug-likeness (QED) is 0.358. The number of nitrogens with one attached hydrogen (secondary N) is 2. The zero-order chi connectivity index (χ0) is 26.4. The van der Waals surface area contributed by atoms with Crippen LogP contribution in [0.4, 0.5) is 4.79 Å². The molecule has 12 nitrogen and oxygen atoms in total. The molecule has 0 saturated heterocycles. The summed E-state index contributed by atoms with van der Waals surface area (Å²) < 4.78 is 12.8. The summed E-state index contributed by atoms with van der Waals surface area (Å²) in [5, 5.41) is 5.19. The van der Waals surface area contributed by atoms with Gasteiger partial charge in [0.25, 0.3) is 0 Å². The van der Waals surface area contributed by atoms with Gasteiger partial charge in [-0.2, -0.15) is 0 Å². The molecule has 0 spiro atoms. The van der Waals surface area contributed by atoms with Crippen molar-refractivity contribution in [2.45, 2.75) is 32.6 Å². The molecule has 2 heterocycles. The Morgan fingerprint density at radius 3 is 2.03 bits per heavy atom. The molecule has 2 N–H and O–H groups in total. The van der Waals surface area contributed by atoms with E-state index in [0.717, 1.165) is 13.7 Å². The number of hydrogen-bond donors (Lipinski definition) is 2. The van der Waals surface area contributed by atoms with Crippen LogP contribution in [0, 0.1) is 0 Å². The third-order valence-corrected chi connectivity index (χ3v) is 5.42. The van der Waals surface area contributed by atoms with Crippen molar-refractivity contribution in [3.63, 3.8) is 0 Å². The van der Waals surface area contributed by atoms with Gasteiger partial charge in [-0.3, -0.25) is 0 Å². The number of aromatic nitrogens is 3. The lowest BCUT2D eigenvalue weighted by Crippen LogP contribution is -2.55. The molecule has 2 aromatic rings. The van der Waals surface area contributed by atoms with Crippen LogP contribution in [-0.4, -0.2) is 39.4 Å². The van der Waals surface area contributed by atoms with Crippen molar-refractivity contribution in [3.05, 3.63) is 97.9 Å². The Morgan fingerprint density at radius 2 is 1.53 bits per heavy atom. The first kappa shape index (κ1) is 26.0. The number of rotatable bonds is 10. The van der Waals surface area contributed by atoms with Gasteiger partial charge in [0.05, 0.1) is 50.7 Å². The summed E-state index contributed by atoms with van der Waals surface area (Å²) in [7, 11) is 1.51. The number of amides is 2. The number of methoxy groups -OCH3 is 1. The number of ether oxygens (including phenoxy) is 2. The van der Waals surface area contributed by atoms with Crippen LogP contribution in [-0.2, 0) is 29.2 Å². The number of nitrogens with zero attached hydrogens (tertiary/aromatic N) is 3. The summed E-state index contributed by atoms with van der Waals surface area (Å²) in [4.78, 5) is 64.5. The van der Waals surface area contributed by atoms with E-state index >= 15 is 0 Å². The molecule has 36 heavy (non-hydrogen) atoms. The molecule has 0 aliphatic carbocycles. The molecule has 0 fully saturated rings. The smallest absolute Gasteiger partial charge is 0.338 e. The second-order valence-electron chi connectivity index (χ2n) is 7.65. The van der Waals surface area contributed by atoms with Crippen LogP contribution in [0.2, 0.25) is 0 Å². The summed E-state index contributed by atoms with van der Waals surface area (Å²) in [5.74, 6) is -0.181. The van der Waals surface area contributed by atoms with Crippen molar-refractivity contribution in [2.75, 3.05) is 13.7 Å². The third kappa shape index (κ3) is 5.06. The maximum absolute atomic E-state index is 13.1. The molecule has 12 heteroatoms. The molecule has 2 amide bonds. The molecule has 0 radical (unpaired) electrons. The molecule has 0 saturated carbocycles. The topological polar surface area (TPSA) is 143 Å². The molecule has 0 bridgehead atoms. The first-order valence-corrected chi connectivity index (χ1v) is 11.0. The van der Waals surface area contributed by atoms with Gasteiger partial charge in [-0.1, -0.05) is 24.3 Å². The maximum Gasteiger partial charge on any atom is 0.338 e.